The average molecular weight is 240 g/mol. The van der Waals surface area contributed by atoms with Gasteiger partial charge in [-0.15, -0.1) is 0 Å². The van der Waals surface area contributed by atoms with E-state index in [1.54, 1.807) is 13.3 Å². The van der Waals surface area contributed by atoms with Gasteiger partial charge in [0.2, 0.25) is 0 Å². The van der Waals surface area contributed by atoms with Gasteiger partial charge in [0.1, 0.15) is 11.8 Å². The molecule has 1 aromatic heterocycles. The van der Waals surface area contributed by atoms with E-state index in [1.807, 2.05) is 4.68 Å². The van der Waals surface area contributed by atoms with Crippen LogP contribution < -0.4 is 4.74 Å². The highest BCUT2D eigenvalue weighted by Crippen LogP contribution is 2.32. The standard InChI is InChI=1S/C13H24N2O2/c1-5-7-10(3)13(16)12-11(17-4)9-14-15(12)8-6-2/h9-10,13,16H,5-8H2,1-4H3. The van der Waals surface area contributed by atoms with Crippen LogP contribution in [0.4, 0.5) is 0 Å². The first-order chi connectivity index (χ1) is 8.15. The normalized spacial score (nSPS) is 14.6. The quantitative estimate of drug-likeness (QED) is 0.797. The van der Waals surface area contributed by atoms with Gasteiger partial charge in [-0.1, -0.05) is 27.2 Å². The summed E-state index contributed by atoms with van der Waals surface area (Å²) in [5.41, 5.74) is 0.815. The summed E-state index contributed by atoms with van der Waals surface area (Å²) < 4.78 is 7.14. The van der Waals surface area contributed by atoms with E-state index in [-0.39, 0.29) is 5.92 Å². The Morgan fingerprint density at radius 3 is 2.65 bits per heavy atom. The number of aliphatic hydroxyl groups is 1. The van der Waals surface area contributed by atoms with Crippen molar-refractivity contribution in [1.82, 2.24) is 9.78 Å². The molecule has 2 unspecified atom stereocenters. The summed E-state index contributed by atoms with van der Waals surface area (Å²) in [6.45, 7) is 7.11. The second-order valence-corrected chi connectivity index (χ2v) is 4.53. The summed E-state index contributed by atoms with van der Waals surface area (Å²) in [6, 6.07) is 0. The fraction of sp³-hybridized carbons (Fsp3) is 0.769. The van der Waals surface area contributed by atoms with Crippen LogP contribution >= 0.6 is 0 Å². The van der Waals surface area contributed by atoms with E-state index in [1.165, 1.54) is 0 Å². The maximum absolute atomic E-state index is 10.4. The van der Waals surface area contributed by atoms with Crippen molar-refractivity contribution in [2.75, 3.05) is 7.11 Å². The summed E-state index contributed by atoms with van der Waals surface area (Å²) in [5, 5.41) is 14.7. The maximum Gasteiger partial charge on any atom is 0.162 e. The molecule has 17 heavy (non-hydrogen) atoms. The van der Waals surface area contributed by atoms with Crippen molar-refractivity contribution in [1.29, 1.82) is 0 Å². The summed E-state index contributed by atoms with van der Waals surface area (Å²) in [4.78, 5) is 0. The smallest absolute Gasteiger partial charge is 0.162 e. The molecule has 0 fully saturated rings. The minimum Gasteiger partial charge on any atom is -0.493 e. The number of aromatic nitrogens is 2. The van der Waals surface area contributed by atoms with Gasteiger partial charge in [-0.05, 0) is 18.8 Å². The zero-order valence-corrected chi connectivity index (χ0v) is 11.3. The van der Waals surface area contributed by atoms with E-state index in [0.29, 0.717) is 5.75 Å². The van der Waals surface area contributed by atoms with Crippen LogP contribution in [0.5, 0.6) is 5.75 Å². The summed E-state index contributed by atoms with van der Waals surface area (Å²) in [7, 11) is 1.62. The third kappa shape index (κ3) is 3.22. The lowest BCUT2D eigenvalue weighted by atomic mass is 9.96. The highest BCUT2D eigenvalue weighted by Gasteiger charge is 2.24. The number of aliphatic hydroxyl groups excluding tert-OH is 1. The van der Waals surface area contributed by atoms with Crippen LogP contribution in [0, 0.1) is 5.92 Å². The van der Waals surface area contributed by atoms with Crippen molar-refractivity contribution < 1.29 is 9.84 Å². The SMILES string of the molecule is CCCC(C)C(O)c1c(OC)cnn1CCC. The van der Waals surface area contributed by atoms with E-state index in [0.717, 1.165) is 31.5 Å². The summed E-state index contributed by atoms with van der Waals surface area (Å²) in [5.74, 6) is 0.912. The van der Waals surface area contributed by atoms with Crippen LogP contribution in [-0.2, 0) is 6.54 Å². The van der Waals surface area contributed by atoms with Crippen molar-refractivity contribution in [3.05, 3.63) is 11.9 Å². The first-order valence-corrected chi connectivity index (χ1v) is 6.43. The molecule has 98 valence electrons. The molecule has 1 heterocycles. The molecule has 0 aliphatic carbocycles. The van der Waals surface area contributed by atoms with Crippen LogP contribution in [0.3, 0.4) is 0 Å². The highest BCUT2D eigenvalue weighted by atomic mass is 16.5. The van der Waals surface area contributed by atoms with E-state index in [2.05, 4.69) is 25.9 Å². The van der Waals surface area contributed by atoms with Crippen LogP contribution in [0.15, 0.2) is 6.20 Å². The number of methoxy groups -OCH3 is 1. The lowest BCUT2D eigenvalue weighted by Gasteiger charge is -2.20. The van der Waals surface area contributed by atoms with Gasteiger partial charge in [0.15, 0.2) is 5.75 Å². The molecule has 4 heteroatoms. The number of ether oxygens (including phenoxy) is 1. The first-order valence-electron chi connectivity index (χ1n) is 6.43. The molecular formula is C13H24N2O2. The van der Waals surface area contributed by atoms with Gasteiger partial charge in [0.25, 0.3) is 0 Å². The van der Waals surface area contributed by atoms with Crippen molar-refractivity contribution in [3.8, 4) is 5.75 Å². The number of hydrogen-bond acceptors (Lipinski definition) is 3. The van der Waals surface area contributed by atoms with E-state index >= 15 is 0 Å². The number of rotatable bonds is 7. The summed E-state index contributed by atoms with van der Waals surface area (Å²) in [6.07, 6.45) is 4.25. The largest absolute Gasteiger partial charge is 0.493 e. The van der Waals surface area contributed by atoms with Crippen LogP contribution in [0.2, 0.25) is 0 Å². The molecule has 0 saturated carbocycles. The Morgan fingerprint density at radius 1 is 1.41 bits per heavy atom. The second-order valence-electron chi connectivity index (χ2n) is 4.53. The van der Waals surface area contributed by atoms with Gasteiger partial charge in [-0.2, -0.15) is 5.10 Å². The van der Waals surface area contributed by atoms with Gasteiger partial charge in [-0.25, -0.2) is 0 Å². The van der Waals surface area contributed by atoms with Crippen molar-refractivity contribution in [2.24, 2.45) is 5.92 Å². The monoisotopic (exact) mass is 240 g/mol. The fourth-order valence-electron chi connectivity index (χ4n) is 2.11. The lowest BCUT2D eigenvalue weighted by molar-refractivity contribution is 0.0996. The highest BCUT2D eigenvalue weighted by molar-refractivity contribution is 5.27. The third-order valence-corrected chi connectivity index (χ3v) is 3.06. The molecule has 1 N–H and O–H groups in total. The zero-order chi connectivity index (χ0) is 12.8. The molecule has 0 spiro atoms. The Bertz CT molecular complexity index is 336. The minimum atomic E-state index is -0.501. The third-order valence-electron chi connectivity index (χ3n) is 3.06. The molecule has 0 aromatic carbocycles. The number of nitrogens with zero attached hydrogens (tertiary/aromatic N) is 2. The predicted octanol–water partition coefficient (Wildman–Crippen LogP) is 2.77. The Morgan fingerprint density at radius 2 is 2.12 bits per heavy atom. The van der Waals surface area contributed by atoms with Crippen LogP contribution in [0.1, 0.15) is 51.8 Å². The Labute approximate surface area is 104 Å². The summed E-state index contributed by atoms with van der Waals surface area (Å²) >= 11 is 0. The molecule has 0 bridgehead atoms. The Hall–Kier alpha value is -1.03. The predicted molar refractivity (Wildman–Crippen MR) is 68.1 cm³/mol. The molecule has 0 radical (unpaired) electrons. The zero-order valence-electron chi connectivity index (χ0n) is 11.3. The van der Waals surface area contributed by atoms with Gasteiger partial charge in [0.05, 0.1) is 13.3 Å². The van der Waals surface area contributed by atoms with Crippen LogP contribution in [-0.4, -0.2) is 22.0 Å². The van der Waals surface area contributed by atoms with E-state index in [4.69, 9.17) is 4.74 Å². The van der Waals surface area contributed by atoms with Crippen LogP contribution in [0.25, 0.3) is 0 Å². The molecule has 1 rings (SSSR count). The molecule has 2 atom stereocenters. The van der Waals surface area contributed by atoms with Crippen molar-refractivity contribution in [3.63, 3.8) is 0 Å². The molecule has 4 nitrogen and oxygen atoms in total. The van der Waals surface area contributed by atoms with Gasteiger partial charge >= 0.3 is 0 Å². The molecular weight excluding hydrogens is 216 g/mol. The number of aryl methyl sites for hydroxylation is 1. The van der Waals surface area contributed by atoms with E-state index < -0.39 is 6.10 Å². The van der Waals surface area contributed by atoms with E-state index in [9.17, 15) is 5.11 Å². The van der Waals surface area contributed by atoms with Gasteiger partial charge in [0, 0.05) is 6.54 Å². The maximum atomic E-state index is 10.4. The fourth-order valence-corrected chi connectivity index (χ4v) is 2.11. The van der Waals surface area contributed by atoms with Gasteiger partial charge < -0.3 is 9.84 Å². The Balaban J connectivity index is 2.95. The molecule has 0 aliphatic rings. The average Bonchev–Trinajstić information content (AvgIpc) is 2.72. The van der Waals surface area contributed by atoms with Crippen molar-refractivity contribution in [2.45, 2.75) is 52.7 Å². The second kappa shape index (κ2) is 6.64. The topological polar surface area (TPSA) is 47.3 Å². The Kier molecular flexibility index (Phi) is 5.48. The van der Waals surface area contributed by atoms with Crippen molar-refractivity contribution >= 4 is 0 Å². The lowest BCUT2D eigenvalue weighted by Crippen LogP contribution is -2.16. The molecule has 1 aromatic rings. The molecule has 0 aliphatic heterocycles. The molecule has 0 saturated heterocycles. The first kappa shape index (κ1) is 14.0. The minimum absolute atomic E-state index is 0.223. The number of hydrogen-bond donors (Lipinski definition) is 1. The van der Waals surface area contributed by atoms with Gasteiger partial charge in [-0.3, -0.25) is 4.68 Å². The molecule has 0 amide bonds.